The van der Waals surface area contributed by atoms with E-state index in [0.29, 0.717) is 0 Å². The van der Waals surface area contributed by atoms with Gasteiger partial charge in [0.05, 0.1) is 36.2 Å². The van der Waals surface area contributed by atoms with Crippen LogP contribution in [0.15, 0.2) is 0 Å². The Hall–Kier alpha value is -1.73. The highest BCUT2D eigenvalue weighted by Gasteiger charge is 2.50. The van der Waals surface area contributed by atoms with E-state index < -0.39 is 27.9 Å². The van der Waals surface area contributed by atoms with Gasteiger partial charge in [-0.25, -0.2) is 0 Å². The van der Waals surface area contributed by atoms with Gasteiger partial charge in [0.1, 0.15) is 0 Å². The minimum Gasteiger partial charge on any atom is -0.466 e. The SMILES string of the molecule is CCOC(=O)CCC(C)([N+](=O)[O-])[N+](=O)[O-]. The van der Waals surface area contributed by atoms with Crippen LogP contribution in [0, 0.1) is 20.2 Å². The molecule has 0 atom stereocenters. The molecule has 8 nitrogen and oxygen atoms in total. The van der Waals surface area contributed by atoms with Crippen LogP contribution in [0.1, 0.15) is 26.7 Å². The summed E-state index contributed by atoms with van der Waals surface area (Å²) in [7, 11) is 0. The molecule has 0 unspecified atom stereocenters. The van der Waals surface area contributed by atoms with Crippen molar-refractivity contribution in [2.45, 2.75) is 32.4 Å². The second kappa shape index (κ2) is 5.23. The van der Waals surface area contributed by atoms with E-state index in [1.165, 1.54) is 0 Å². The summed E-state index contributed by atoms with van der Waals surface area (Å²) in [6.07, 6.45) is -0.821. The van der Waals surface area contributed by atoms with E-state index >= 15 is 0 Å². The summed E-state index contributed by atoms with van der Waals surface area (Å²) in [5, 5.41) is 20.9. The Bertz CT molecular complexity index is 263. The third-order valence-electron chi connectivity index (χ3n) is 1.89. The number of nitro groups is 2. The van der Waals surface area contributed by atoms with E-state index in [9.17, 15) is 25.0 Å². The first-order chi connectivity index (χ1) is 6.84. The second-order valence-electron chi connectivity index (χ2n) is 3.04. The van der Waals surface area contributed by atoms with Crippen LogP contribution in [0.3, 0.4) is 0 Å². The molecular formula is C7H12N2O6. The van der Waals surface area contributed by atoms with Gasteiger partial charge in [-0.05, 0) is 6.92 Å². The van der Waals surface area contributed by atoms with Crippen molar-refractivity contribution in [2.24, 2.45) is 0 Å². The highest BCUT2D eigenvalue weighted by atomic mass is 16.7. The first kappa shape index (κ1) is 13.3. The Labute approximate surface area is 85.5 Å². The fourth-order valence-electron chi connectivity index (χ4n) is 0.821. The maximum Gasteiger partial charge on any atom is 0.456 e. The predicted octanol–water partition coefficient (Wildman–Crippen LogP) is 0.599. The van der Waals surface area contributed by atoms with Gasteiger partial charge in [0, 0.05) is 0 Å². The summed E-state index contributed by atoms with van der Waals surface area (Å²) >= 11 is 0. The minimum absolute atomic E-state index is 0.145. The summed E-state index contributed by atoms with van der Waals surface area (Å²) in [6, 6.07) is 0. The average molecular weight is 220 g/mol. The van der Waals surface area contributed by atoms with Crippen molar-refractivity contribution < 1.29 is 19.4 Å². The molecule has 0 spiro atoms. The van der Waals surface area contributed by atoms with Crippen molar-refractivity contribution in [3.63, 3.8) is 0 Å². The molecule has 8 heteroatoms. The molecule has 0 heterocycles. The minimum atomic E-state index is -2.33. The average Bonchev–Trinajstić information content (AvgIpc) is 2.14. The fraction of sp³-hybridized carbons (Fsp3) is 0.857. The van der Waals surface area contributed by atoms with E-state index in [1.54, 1.807) is 6.92 Å². The first-order valence-electron chi connectivity index (χ1n) is 4.29. The molecule has 0 bridgehead atoms. The number of hydrogen-bond acceptors (Lipinski definition) is 6. The lowest BCUT2D eigenvalue weighted by atomic mass is 10.1. The largest absolute Gasteiger partial charge is 0.466 e. The smallest absolute Gasteiger partial charge is 0.456 e. The Balaban J connectivity index is 4.39. The quantitative estimate of drug-likeness (QED) is 0.280. The maximum atomic E-state index is 10.9. The molecule has 0 aromatic carbocycles. The topological polar surface area (TPSA) is 113 Å². The Morgan fingerprint density at radius 3 is 2.13 bits per heavy atom. The molecule has 0 radical (unpaired) electrons. The van der Waals surface area contributed by atoms with Crippen molar-refractivity contribution in [3.05, 3.63) is 20.2 Å². The van der Waals surface area contributed by atoms with Gasteiger partial charge in [-0.15, -0.1) is 0 Å². The van der Waals surface area contributed by atoms with E-state index in [4.69, 9.17) is 0 Å². The van der Waals surface area contributed by atoms with Gasteiger partial charge in [-0.2, -0.15) is 0 Å². The Morgan fingerprint density at radius 1 is 1.33 bits per heavy atom. The molecule has 15 heavy (non-hydrogen) atoms. The van der Waals surface area contributed by atoms with Crippen LogP contribution in [0.5, 0.6) is 0 Å². The summed E-state index contributed by atoms with van der Waals surface area (Å²) in [6.45, 7) is 2.59. The van der Waals surface area contributed by atoms with E-state index in [-0.39, 0.29) is 13.0 Å². The number of carbonyl (C=O) groups is 1. The highest BCUT2D eigenvalue weighted by Crippen LogP contribution is 2.17. The van der Waals surface area contributed by atoms with Gasteiger partial charge >= 0.3 is 11.6 Å². The lowest BCUT2D eigenvalue weighted by molar-refractivity contribution is -0.792. The van der Waals surface area contributed by atoms with Crippen molar-refractivity contribution >= 4 is 5.97 Å². The van der Waals surface area contributed by atoms with Gasteiger partial charge < -0.3 is 4.74 Å². The summed E-state index contributed by atoms with van der Waals surface area (Å²) in [5.74, 6) is -0.674. The maximum absolute atomic E-state index is 10.9. The number of esters is 1. The molecular weight excluding hydrogens is 208 g/mol. The number of ether oxygens (including phenoxy) is 1. The van der Waals surface area contributed by atoms with Crippen molar-refractivity contribution in [3.8, 4) is 0 Å². The zero-order valence-electron chi connectivity index (χ0n) is 8.47. The van der Waals surface area contributed by atoms with Gasteiger partial charge in [-0.1, -0.05) is 0 Å². The Morgan fingerprint density at radius 2 is 1.80 bits per heavy atom. The third-order valence-corrected chi connectivity index (χ3v) is 1.89. The second-order valence-corrected chi connectivity index (χ2v) is 3.04. The van der Waals surface area contributed by atoms with Crippen LogP contribution in [0.2, 0.25) is 0 Å². The molecule has 0 aliphatic rings. The van der Waals surface area contributed by atoms with E-state index in [0.717, 1.165) is 6.92 Å². The summed E-state index contributed by atoms with van der Waals surface area (Å²) in [5.41, 5.74) is -2.33. The molecule has 0 N–H and O–H groups in total. The van der Waals surface area contributed by atoms with Crippen LogP contribution < -0.4 is 0 Å². The molecule has 0 aliphatic carbocycles. The van der Waals surface area contributed by atoms with Gasteiger partial charge in [-0.3, -0.25) is 25.0 Å². The van der Waals surface area contributed by atoms with Crippen LogP contribution in [-0.2, 0) is 9.53 Å². The predicted molar refractivity (Wildman–Crippen MR) is 48.3 cm³/mol. The van der Waals surface area contributed by atoms with Crippen LogP contribution >= 0.6 is 0 Å². The van der Waals surface area contributed by atoms with Crippen molar-refractivity contribution in [1.29, 1.82) is 0 Å². The molecule has 0 saturated carbocycles. The fourth-order valence-corrected chi connectivity index (χ4v) is 0.821. The monoisotopic (exact) mass is 220 g/mol. The number of nitrogens with zero attached hydrogens (tertiary/aromatic N) is 2. The molecule has 0 aromatic heterocycles. The number of hydrogen-bond donors (Lipinski definition) is 0. The van der Waals surface area contributed by atoms with Crippen LogP contribution in [0.4, 0.5) is 0 Å². The zero-order valence-corrected chi connectivity index (χ0v) is 8.47. The van der Waals surface area contributed by atoms with E-state index in [1.807, 2.05) is 0 Å². The molecule has 0 fully saturated rings. The van der Waals surface area contributed by atoms with Gasteiger partial charge in [0.15, 0.2) is 0 Å². The molecule has 0 rings (SSSR count). The summed E-state index contributed by atoms with van der Waals surface area (Å²) in [4.78, 5) is 29.7. The zero-order chi connectivity index (χ0) is 12.1. The third kappa shape index (κ3) is 3.49. The van der Waals surface area contributed by atoms with Crippen molar-refractivity contribution in [2.75, 3.05) is 6.61 Å². The van der Waals surface area contributed by atoms with Gasteiger partial charge in [0.2, 0.25) is 0 Å². The lowest BCUT2D eigenvalue weighted by Gasteiger charge is -2.11. The van der Waals surface area contributed by atoms with Crippen LogP contribution in [-0.4, -0.2) is 28.1 Å². The lowest BCUT2D eigenvalue weighted by Crippen LogP contribution is -2.43. The van der Waals surface area contributed by atoms with Crippen molar-refractivity contribution in [1.82, 2.24) is 0 Å². The molecule has 0 aromatic rings. The summed E-state index contributed by atoms with van der Waals surface area (Å²) < 4.78 is 4.51. The molecule has 0 saturated heterocycles. The Kier molecular flexibility index (Phi) is 4.62. The molecule has 0 aliphatic heterocycles. The number of carbonyl (C=O) groups excluding carboxylic acids is 1. The normalized spacial score (nSPS) is 10.8. The van der Waals surface area contributed by atoms with E-state index in [2.05, 4.69) is 4.74 Å². The van der Waals surface area contributed by atoms with Gasteiger partial charge in [0.25, 0.3) is 0 Å². The standard InChI is InChI=1S/C7H12N2O6/c1-3-15-6(10)4-5-7(2,8(11)12)9(13)14/h3-5H2,1-2H3. The number of rotatable bonds is 6. The first-order valence-corrected chi connectivity index (χ1v) is 4.29. The molecule has 0 amide bonds. The van der Waals surface area contributed by atoms with Crippen LogP contribution in [0.25, 0.3) is 0 Å². The molecule has 86 valence electrons. The highest BCUT2D eigenvalue weighted by molar-refractivity contribution is 5.69.